The molecule has 0 saturated heterocycles. The van der Waals surface area contributed by atoms with Crippen LogP contribution in [0.4, 0.5) is 0 Å². The minimum Gasteiger partial charge on any atom is -0.247 e. The quantitative estimate of drug-likeness (QED) is 0.577. The van der Waals surface area contributed by atoms with Crippen molar-refractivity contribution in [2.75, 3.05) is 0 Å². The zero-order chi connectivity index (χ0) is 8.48. The Morgan fingerprint density at radius 3 is 2.64 bits per heavy atom. The van der Waals surface area contributed by atoms with Crippen LogP contribution in [0.3, 0.4) is 0 Å². The highest BCUT2D eigenvalue weighted by molar-refractivity contribution is 8.15. The Morgan fingerprint density at radius 1 is 1.64 bits per heavy atom. The highest BCUT2D eigenvalue weighted by Gasteiger charge is 2.17. The number of rotatable bonds is 2. The van der Waals surface area contributed by atoms with E-state index in [1.807, 2.05) is 0 Å². The van der Waals surface area contributed by atoms with Crippen molar-refractivity contribution in [1.29, 1.82) is 0 Å². The van der Waals surface area contributed by atoms with Crippen LogP contribution in [0.2, 0.25) is 0 Å². The van der Waals surface area contributed by atoms with E-state index in [1.165, 1.54) is 5.51 Å². The maximum atomic E-state index is 10.8. The second-order valence-electron chi connectivity index (χ2n) is 1.66. The summed E-state index contributed by atoms with van der Waals surface area (Å²) in [5, 5.41) is 0. The van der Waals surface area contributed by atoms with E-state index in [1.54, 1.807) is 0 Å². The molecular weight excluding hydrogens is 229 g/mol. The molecule has 11 heavy (non-hydrogen) atoms. The Balaban J connectivity index is 3.24. The van der Waals surface area contributed by atoms with Gasteiger partial charge in [0, 0.05) is 10.7 Å². The molecule has 1 heterocycles. The van der Waals surface area contributed by atoms with Crippen LogP contribution < -0.4 is 0 Å². The van der Waals surface area contributed by atoms with Crippen molar-refractivity contribution in [2.45, 2.75) is 10.1 Å². The van der Waals surface area contributed by atoms with Crippen LogP contribution >= 0.6 is 33.6 Å². The topological polar surface area (TPSA) is 47.0 Å². The summed E-state index contributed by atoms with van der Waals surface area (Å²) in [6.07, 6.45) is 0. The molecule has 0 aromatic carbocycles. The minimum atomic E-state index is -3.66. The molecule has 0 saturated carbocycles. The Bertz CT molecular complexity index is 345. The third-order valence-corrected chi connectivity index (χ3v) is 4.23. The van der Waals surface area contributed by atoms with E-state index < -0.39 is 9.05 Å². The second-order valence-corrected chi connectivity index (χ2v) is 5.54. The monoisotopic (exact) mass is 231 g/mol. The molecule has 0 N–H and O–H groups in total. The maximum absolute atomic E-state index is 10.8. The number of hydrogen-bond donors (Lipinski definition) is 0. The van der Waals surface area contributed by atoms with E-state index >= 15 is 0 Å². The molecule has 62 valence electrons. The Hall–Kier alpha value is 0.160. The van der Waals surface area contributed by atoms with Gasteiger partial charge in [-0.25, -0.2) is 13.4 Å². The van der Waals surface area contributed by atoms with Gasteiger partial charge in [0.2, 0.25) is 0 Å². The fourth-order valence-electron chi connectivity index (χ4n) is 0.546. The van der Waals surface area contributed by atoms with Gasteiger partial charge in [0.05, 0.1) is 17.1 Å². The van der Waals surface area contributed by atoms with Crippen LogP contribution in [0.1, 0.15) is 5.69 Å². The molecule has 0 aliphatic carbocycles. The molecule has 0 bridgehead atoms. The van der Waals surface area contributed by atoms with Gasteiger partial charge in [-0.15, -0.1) is 22.9 Å². The number of nitrogens with zero attached hydrogens (tertiary/aromatic N) is 1. The number of halogens is 2. The fraction of sp³-hybridized carbons (Fsp3) is 0.250. The normalized spacial score (nSPS) is 11.8. The highest BCUT2D eigenvalue weighted by Crippen LogP contribution is 2.24. The van der Waals surface area contributed by atoms with Crippen LogP contribution in [0.25, 0.3) is 0 Å². The molecule has 0 spiro atoms. The number of aromatic nitrogens is 1. The molecule has 1 rings (SSSR count). The Labute approximate surface area is 77.4 Å². The zero-order valence-corrected chi connectivity index (χ0v) is 8.27. The molecule has 1 aromatic heterocycles. The standard InChI is InChI=1S/C4H3Cl2NO2S2/c5-1-3-4(10-2-7-3)11(6,8)9/h2H,1H2. The average Bonchev–Trinajstić information content (AvgIpc) is 2.31. The lowest BCUT2D eigenvalue weighted by molar-refractivity contribution is 0.610. The SMILES string of the molecule is O=S(=O)(Cl)c1scnc1CCl. The van der Waals surface area contributed by atoms with Crippen LogP contribution in [-0.4, -0.2) is 13.4 Å². The van der Waals surface area contributed by atoms with Crippen molar-refractivity contribution in [3.8, 4) is 0 Å². The van der Waals surface area contributed by atoms with E-state index in [-0.39, 0.29) is 10.1 Å². The van der Waals surface area contributed by atoms with Crippen molar-refractivity contribution < 1.29 is 8.42 Å². The first kappa shape index (κ1) is 9.25. The van der Waals surface area contributed by atoms with Gasteiger partial charge in [-0.1, -0.05) is 0 Å². The number of alkyl halides is 1. The molecule has 0 aliphatic heterocycles. The summed E-state index contributed by atoms with van der Waals surface area (Å²) in [4.78, 5) is 3.72. The molecule has 7 heteroatoms. The van der Waals surface area contributed by atoms with Crippen LogP contribution in [0.15, 0.2) is 9.72 Å². The number of thiazole rings is 1. The van der Waals surface area contributed by atoms with Crippen LogP contribution in [-0.2, 0) is 14.9 Å². The van der Waals surface area contributed by atoms with Crippen molar-refractivity contribution in [2.24, 2.45) is 0 Å². The summed E-state index contributed by atoms with van der Waals surface area (Å²) in [5.41, 5.74) is 1.71. The summed E-state index contributed by atoms with van der Waals surface area (Å²) >= 11 is 6.37. The fourth-order valence-corrected chi connectivity index (χ4v) is 3.03. The van der Waals surface area contributed by atoms with E-state index in [4.69, 9.17) is 22.3 Å². The van der Waals surface area contributed by atoms with Crippen molar-refractivity contribution in [1.82, 2.24) is 4.98 Å². The first-order valence-electron chi connectivity index (χ1n) is 2.48. The first-order chi connectivity index (χ1) is 5.05. The first-order valence-corrected chi connectivity index (χ1v) is 6.21. The predicted octanol–water partition coefficient (Wildman–Crippen LogP) is 1.81. The van der Waals surface area contributed by atoms with Gasteiger partial charge in [0.15, 0.2) is 4.21 Å². The minimum absolute atomic E-state index is 0.0363. The molecular formula is C4H3Cl2NO2S2. The lowest BCUT2D eigenvalue weighted by Crippen LogP contribution is -1.91. The lowest BCUT2D eigenvalue weighted by atomic mass is 10.6. The molecule has 0 amide bonds. The molecule has 0 unspecified atom stereocenters. The molecule has 0 aliphatic rings. The van der Waals surface area contributed by atoms with E-state index in [9.17, 15) is 8.42 Å². The summed E-state index contributed by atoms with van der Waals surface area (Å²) < 4.78 is 21.5. The maximum Gasteiger partial charge on any atom is 0.272 e. The Morgan fingerprint density at radius 2 is 2.27 bits per heavy atom. The van der Waals surface area contributed by atoms with Gasteiger partial charge < -0.3 is 0 Å². The summed E-state index contributed by atoms with van der Waals surface area (Å²) in [7, 11) is 1.41. The highest BCUT2D eigenvalue weighted by atomic mass is 35.7. The zero-order valence-electron chi connectivity index (χ0n) is 5.12. The van der Waals surface area contributed by atoms with Crippen molar-refractivity contribution in [3.05, 3.63) is 11.2 Å². The second kappa shape index (κ2) is 3.26. The predicted molar refractivity (Wildman–Crippen MR) is 44.7 cm³/mol. The molecule has 3 nitrogen and oxygen atoms in total. The largest absolute Gasteiger partial charge is 0.272 e. The third-order valence-electron chi connectivity index (χ3n) is 0.952. The third kappa shape index (κ3) is 2.05. The van der Waals surface area contributed by atoms with Crippen LogP contribution in [0, 0.1) is 0 Å². The van der Waals surface area contributed by atoms with Gasteiger partial charge in [-0.2, -0.15) is 0 Å². The molecule has 0 fully saturated rings. The molecule has 0 atom stereocenters. The van der Waals surface area contributed by atoms with E-state index in [0.29, 0.717) is 5.69 Å². The summed E-state index contributed by atoms with van der Waals surface area (Å²) in [6.45, 7) is 0. The smallest absolute Gasteiger partial charge is 0.247 e. The molecule has 0 radical (unpaired) electrons. The van der Waals surface area contributed by atoms with Gasteiger partial charge in [0.1, 0.15) is 0 Å². The van der Waals surface area contributed by atoms with Gasteiger partial charge in [-0.05, 0) is 0 Å². The van der Waals surface area contributed by atoms with Crippen LogP contribution in [0.5, 0.6) is 0 Å². The van der Waals surface area contributed by atoms with E-state index in [0.717, 1.165) is 11.3 Å². The van der Waals surface area contributed by atoms with Gasteiger partial charge in [0.25, 0.3) is 9.05 Å². The number of hydrogen-bond acceptors (Lipinski definition) is 4. The molecule has 1 aromatic rings. The van der Waals surface area contributed by atoms with E-state index in [2.05, 4.69) is 4.98 Å². The van der Waals surface area contributed by atoms with Crippen molar-refractivity contribution in [3.63, 3.8) is 0 Å². The van der Waals surface area contributed by atoms with Gasteiger partial charge in [-0.3, -0.25) is 0 Å². The Kier molecular flexibility index (Phi) is 2.74. The summed E-state index contributed by atoms with van der Waals surface area (Å²) in [6, 6.07) is 0. The average molecular weight is 232 g/mol. The van der Waals surface area contributed by atoms with Gasteiger partial charge >= 0.3 is 0 Å². The summed E-state index contributed by atoms with van der Waals surface area (Å²) in [5.74, 6) is 0.0603. The lowest BCUT2D eigenvalue weighted by Gasteiger charge is -1.90. The van der Waals surface area contributed by atoms with Crippen molar-refractivity contribution >= 4 is 42.7 Å².